The van der Waals surface area contributed by atoms with Crippen molar-refractivity contribution in [2.45, 2.75) is 6.92 Å². The molecule has 0 saturated carbocycles. The molecule has 5 nitrogen and oxygen atoms in total. The van der Waals surface area contributed by atoms with E-state index < -0.39 is 11.8 Å². The van der Waals surface area contributed by atoms with Gasteiger partial charge in [-0.2, -0.15) is 0 Å². The van der Waals surface area contributed by atoms with Crippen molar-refractivity contribution >= 4 is 17.9 Å². The summed E-state index contributed by atoms with van der Waals surface area (Å²) >= 11 is 0. The molecule has 0 aliphatic carbocycles. The summed E-state index contributed by atoms with van der Waals surface area (Å²) in [5, 5.41) is 2.33. The number of carbonyl (C=O) groups is 2. The lowest BCUT2D eigenvalue weighted by atomic mass is 10.2. The van der Waals surface area contributed by atoms with Crippen molar-refractivity contribution in [1.82, 2.24) is 10.7 Å². The molecule has 1 aromatic carbocycles. The second-order valence-electron chi connectivity index (χ2n) is 3.26. The lowest BCUT2D eigenvalue weighted by Gasteiger charge is -2.06. The van der Waals surface area contributed by atoms with Gasteiger partial charge >= 0.3 is 0 Å². The average Bonchev–Trinajstić information content (AvgIpc) is 2.29. The maximum Gasteiger partial charge on any atom is 0.281 e. The number of hydrazine groups is 1. The van der Waals surface area contributed by atoms with Crippen LogP contribution in [-0.4, -0.2) is 11.8 Å². The van der Waals surface area contributed by atoms with Crippen LogP contribution in [0.1, 0.15) is 12.5 Å². The third kappa shape index (κ3) is 4.04. The zero-order chi connectivity index (χ0) is 12.8. The third-order valence-corrected chi connectivity index (χ3v) is 1.87. The van der Waals surface area contributed by atoms with Gasteiger partial charge in [-0.15, -0.1) is 0 Å². The van der Waals surface area contributed by atoms with E-state index in [1.807, 2.05) is 5.43 Å². The van der Waals surface area contributed by atoms with E-state index >= 15 is 0 Å². The second kappa shape index (κ2) is 5.76. The Hall–Kier alpha value is -2.21. The van der Waals surface area contributed by atoms with Gasteiger partial charge in [0, 0.05) is 6.92 Å². The zero-order valence-electron chi connectivity index (χ0n) is 9.16. The average molecular weight is 237 g/mol. The van der Waals surface area contributed by atoms with E-state index in [1.165, 1.54) is 37.3 Å². The predicted octanol–water partition coefficient (Wildman–Crippen LogP) is 0.293. The molecule has 0 aliphatic heterocycles. The minimum atomic E-state index is -0.635. The first-order valence-corrected chi connectivity index (χ1v) is 4.78. The SMILES string of the molecule is CC(=O)N/C(=C\c1ccc(F)cc1)C(=O)NN. The molecule has 4 N–H and O–H groups in total. The molecule has 1 rings (SSSR count). The lowest BCUT2D eigenvalue weighted by molar-refractivity contribution is -0.122. The summed E-state index contributed by atoms with van der Waals surface area (Å²) in [7, 11) is 0. The van der Waals surface area contributed by atoms with E-state index in [9.17, 15) is 14.0 Å². The van der Waals surface area contributed by atoms with Crippen molar-refractivity contribution in [1.29, 1.82) is 0 Å². The van der Waals surface area contributed by atoms with Gasteiger partial charge in [0.1, 0.15) is 11.5 Å². The van der Waals surface area contributed by atoms with Crippen LogP contribution < -0.4 is 16.6 Å². The van der Waals surface area contributed by atoms with Crippen LogP contribution in [0.5, 0.6) is 0 Å². The number of hydrogen-bond donors (Lipinski definition) is 3. The Labute approximate surface area is 97.5 Å². The van der Waals surface area contributed by atoms with Gasteiger partial charge in [-0.05, 0) is 23.8 Å². The third-order valence-electron chi connectivity index (χ3n) is 1.87. The van der Waals surface area contributed by atoms with E-state index in [-0.39, 0.29) is 11.5 Å². The Kier molecular flexibility index (Phi) is 4.36. The Bertz CT molecular complexity index is 454. The number of amides is 2. The highest BCUT2D eigenvalue weighted by atomic mass is 19.1. The summed E-state index contributed by atoms with van der Waals surface area (Å²) in [6.45, 7) is 1.27. The maximum atomic E-state index is 12.7. The maximum absolute atomic E-state index is 12.7. The first kappa shape index (κ1) is 12.9. The van der Waals surface area contributed by atoms with Crippen LogP contribution in [0.25, 0.3) is 6.08 Å². The number of halogens is 1. The summed E-state index contributed by atoms with van der Waals surface area (Å²) in [4.78, 5) is 22.2. The number of hydrogen-bond acceptors (Lipinski definition) is 3. The van der Waals surface area contributed by atoms with E-state index in [0.717, 1.165) is 0 Å². The van der Waals surface area contributed by atoms with E-state index in [4.69, 9.17) is 5.84 Å². The Morgan fingerprint density at radius 2 is 1.88 bits per heavy atom. The lowest BCUT2D eigenvalue weighted by Crippen LogP contribution is -2.37. The van der Waals surface area contributed by atoms with Crippen LogP contribution in [0.3, 0.4) is 0 Å². The number of benzene rings is 1. The number of rotatable bonds is 3. The first-order chi connectivity index (χ1) is 8.02. The van der Waals surface area contributed by atoms with Crippen molar-refractivity contribution in [2.75, 3.05) is 0 Å². The molecule has 0 saturated heterocycles. The highest BCUT2D eigenvalue weighted by Crippen LogP contribution is 2.07. The molecule has 0 unspecified atom stereocenters. The molecule has 90 valence electrons. The van der Waals surface area contributed by atoms with Gasteiger partial charge in [0.05, 0.1) is 0 Å². The fraction of sp³-hybridized carbons (Fsp3) is 0.0909. The molecular weight excluding hydrogens is 225 g/mol. The van der Waals surface area contributed by atoms with Crippen molar-refractivity contribution in [3.8, 4) is 0 Å². The van der Waals surface area contributed by atoms with Gasteiger partial charge < -0.3 is 5.32 Å². The number of nitrogens with one attached hydrogen (secondary N) is 2. The van der Waals surface area contributed by atoms with Gasteiger partial charge in [0.15, 0.2) is 0 Å². The van der Waals surface area contributed by atoms with Crippen molar-refractivity contribution in [2.24, 2.45) is 5.84 Å². The molecule has 0 spiro atoms. The van der Waals surface area contributed by atoms with Crippen LogP contribution in [0, 0.1) is 5.82 Å². The minimum Gasteiger partial charge on any atom is -0.322 e. The molecule has 2 amide bonds. The standard InChI is InChI=1S/C11H12FN3O2/c1-7(16)14-10(11(17)15-13)6-8-2-4-9(12)5-3-8/h2-6H,13H2,1H3,(H,14,16)(H,15,17)/b10-6-. The summed E-state index contributed by atoms with van der Waals surface area (Å²) in [5.41, 5.74) is 2.47. The number of nitrogens with two attached hydrogens (primary N) is 1. The molecule has 0 radical (unpaired) electrons. The molecule has 17 heavy (non-hydrogen) atoms. The van der Waals surface area contributed by atoms with Crippen molar-refractivity contribution in [3.05, 3.63) is 41.3 Å². The van der Waals surface area contributed by atoms with Gasteiger partial charge in [0.2, 0.25) is 5.91 Å². The summed E-state index contributed by atoms with van der Waals surface area (Å²) in [6, 6.07) is 5.44. The van der Waals surface area contributed by atoms with Gasteiger partial charge in [0.25, 0.3) is 5.91 Å². The van der Waals surface area contributed by atoms with Crippen LogP contribution in [0.15, 0.2) is 30.0 Å². The smallest absolute Gasteiger partial charge is 0.281 e. The molecule has 0 heterocycles. The van der Waals surface area contributed by atoms with Crippen LogP contribution >= 0.6 is 0 Å². The Balaban J connectivity index is 3.00. The molecule has 0 fully saturated rings. The van der Waals surface area contributed by atoms with Crippen LogP contribution in [0.4, 0.5) is 4.39 Å². The Morgan fingerprint density at radius 3 is 2.35 bits per heavy atom. The van der Waals surface area contributed by atoms with Gasteiger partial charge in [-0.25, -0.2) is 10.2 Å². The molecule has 1 aromatic rings. The van der Waals surface area contributed by atoms with Crippen molar-refractivity contribution < 1.29 is 14.0 Å². The van der Waals surface area contributed by atoms with E-state index in [1.54, 1.807) is 0 Å². The highest BCUT2D eigenvalue weighted by Gasteiger charge is 2.09. The van der Waals surface area contributed by atoms with E-state index in [2.05, 4.69) is 5.32 Å². The molecular formula is C11H12FN3O2. The van der Waals surface area contributed by atoms with Gasteiger partial charge in [-0.3, -0.25) is 15.0 Å². The highest BCUT2D eigenvalue weighted by molar-refractivity contribution is 6.00. The van der Waals surface area contributed by atoms with Gasteiger partial charge in [-0.1, -0.05) is 12.1 Å². The summed E-state index contributed by atoms with van der Waals surface area (Å²) in [5.74, 6) is 3.56. The first-order valence-electron chi connectivity index (χ1n) is 4.78. The topological polar surface area (TPSA) is 84.2 Å². The Morgan fingerprint density at radius 1 is 1.29 bits per heavy atom. The summed E-state index contributed by atoms with van der Waals surface area (Å²) in [6.07, 6.45) is 1.39. The zero-order valence-corrected chi connectivity index (χ0v) is 9.16. The monoisotopic (exact) mass is 237 g/mol. The molecule has 6 heteroatoms. The number of carbonyl (C=O) groups excluding carboxylic acids is 2. The van der Waals surface area contributed by atoms with E-state index in [0.29, 0.717) is 5.56 Å². The largest absolute Gasteiger partial charge is 0.322 e. The molecule has 0 atom stereocenters. The molecule has 0 aliphatic rings. The minimum absolute atomic E-state index is 0.00777. The van der Waals surface area contributed by atoms with Crippen molar-refractivity contribution in [3.63, 3.8) is 0 Å². The quantitative estimate of drug-likeness (QED) is 0.306. The predicted molar refractivity (Wildman–Crippen MR) is 60.5 cm³/mol. The fourth-order valence-electron chi connectivity index (χ4n) is 1.15. The second-order valence-corrected chi connectivity index (χ2v) is 3.26. The van der Waals surface area contributed by atoms with Crippen LogP contribution in [0.2, 0.25) is 0 Å². The molecule has 0 bridgehead atoms. The van der Waals surface area contributed by atoms with Crippen LogP contribution in [-0.2, 0) is 9.59 Å². The molecule has 0 aromatic heterocycles. The fourth-order valence-corrected chi connectivity index (χ4v) is 1.15. The summed E-state index contributed by atoms with van der Waals surface area (Å²) < 4.78 is 12.7. The normalized spacial score (nSPS) is 10.9.